The number of benzene rings is 1. The summed E-state index contributed by atoms with van der Waals surface area (Å²) in [5.41, 5.74) is 7.08. The lowest BCUT2D eigenvalue weighted by atomic mass is 9.81. The summed E-state index contributed by atoms with van der Waals surface area (Å²) in [6.45, 7) is 0.534. The van der Waals surface area contributed by atoms with Crippen LogP contribution < -0.4 is 5.73 Å². The van der Waals surface area contributed by atoms with Crippen LogP contribution in [0.2, 0.25) is 0 Å². The smallest absolute Gasteiger partial charge is 0.0623 e. The van der Waals surface area contributed by atoms with Crippen molar-refractivity contribution < 1.29 is 5.11 Å². The molecule has 0 aliphatic heterocycles. The number of rotatable bonds is 5. The zero-order valence-corrected chi connectivity index (χ0v) is 11.5. The van der Waals surface area contributed by atoms with Gasteiger partial charge in [-0.1, -0.05) is 36.8 Å². The molecule has 0 aromatic heterocycles. The highest BCUT2D eigenvalue weighted by molar-refractivity contribution is 5.21. The minimum Gasteiger partial charge on any atom is -0.392 e. The Hall–Kier alpha value is -0.860. The largest absolute Gasteiger partial charge is 0.392 e. The van der Waals surface area contributed by atoms with Crippen molar-refractivity contribution in [3.8, 4) is 0 Å². The van der Waals surface area contributed by atoms with Crippen LogP contribution in [0.25, 0.3) is 0 Å². The summed E-state index contributed by atoms with van der Waals surface area (Å²) in [6, 6.07) is 10.2. The summed E-state index contributed by atoms with van der Waals surface area (Å²) in [6.07, 6.45) is 6.23. The zero-order valence-electron chi connectivity index (χ0n) is 11.5. The third-order valence-electron chi connectivity index (χ3n) is 5.37. The molecule has 104 valence electrons. The molecule has 0 spiro atoms. The molecule has 2 heteroatoms. The van der Waals surface area contributed by atoms with E-state index in [-0.39, 0.29) is 12.0 Å². The number of hydrogen-bond acceptors (Lipinski definition) is 2. The molecule has 0 heterocycles. The molecule has 2 saturated carbocycles. The SMILES string of the molecule is NCC(c1ccccc1)C(O)CC1CC2CCC1C2. The highest BCUT2D eigenvalue weighted by Gasteiger charge is 2.40. The predicted molar refractivity (Wildman–Crippen MR) is 77.8 cm³/mol. The minimum atomic E-state index is -0.281. The Morgan fingerprint density at radius 3 is 2.53 bits per heavy atom. The molecule has 1 aromatic carbocycles. The first kappa shape index (κ1) is 13.1. The zero-order chi connectivity index (χ0) is 13.2. The molecule has 0 radical (unpaired) electrons. The Bertz CT molecular complexity index is 405. The van der Waals surface area contributed by atoms with Crippen LogP contribution in [0.1, 0.15) is 43.6 Å². The molecule has 0 amide bonds. The van der Waals surface area contributed by atoms with Gasteiger partial charge in [0.05, 0.1) is 6.10 Å². The first-order valence-electron chi connectivity index (χ1n) is 7.71. The van der Waals surface area contributed by atoms with Gasteiger partial charge in [-0.25, -0.2) is 0 Å². The monoisotopic (exact) mass is 259 g/mol. The molecule has 2 bridgehead atoms. The van der Waals surface area contributed by atoms with E-state index in [1.165, 1.54) is 31.2 Å². The summed E-state index contributed by atoms with van der Waals surface area (Å²) in [5, 5.41) is 10.6. The number of hydrogen-bond donors (Lipinski definition) is 2. The normalized spacial score (nSPS) is 32.4. The highest BCUT2D eigenvalue weighted by atomic mass is 16.3. The van der Waals surface area contributed by atoms with Crippen molar-refractivity contribution in [3.63, 3.8) is 0 Å². The lowest BCUT2D eigenvalue weighted by Crippen LogP contribution is -2.29. The second-order valence-corrected chi connectivity index (χ2v) is 6.49. The third-order valence-corrected chi connectivity index (χ3v) is 5.37. The average Bonchev–Trinajstić information content (AvgIpc) is 3.03. The van der Waals surface area contributed by atoms with E-state index in [0.29, 0.717) is 6.54 Å². The lowest BCUT2D eigenvalue weighted by molar-refractivity contribution is 0.101. The highest BCUT2D eigenvalue weighted by Crippen LogP contribution is 2.50. The molecule has 1 aromatic rings. The van der Waals surface area contributed by atoms with Crippen LogP contribution in [0.5, 0.6) is 0 Å². The number of nitrogens with two attached hydrogens (primary N) is 1. The number of fused-ring (bicyclic) bond motifs is 2. The maximum atomic E-state index is 10.6. The van der Waals surface area contributed by atoms with Crippen LogP contribution in [0.4, 0.5) is 0 Å². The van der Waals surface area contributed by atoms with E-state index in [1.807, 2.05) is 18.2 Å². The fourth-order valence-electron chi connectivity index (χ4n) is 4.36. The third kappa shape index (κ3) is 2.70. The predicted octanol–water partition coefficient (Wildman–Crippen LogP) is 2.92. The molecule has 19 heavy (non-hydrogen) atoms. The topological polar surface area (TPSA) is 46.2 Å². The molecular formula is C17H25NO. The van der Waals surface area contributed by atoms with Crippen molar-refractivity contribution in [2.75, 3.05) is 6.54 Å². The first-order chi connectivity index (χ1) is 9.28. The fourth-order valence-corrected chi connectivity index (χ4v) is 4.36. The van der Waals surface area contributed by atoms with Crippen molar-refractivity contribution in [1.82, 2.24) is 0 Å². The minimum absolute atomic E-state index is 0.0975. The van der Waals surface area contributed by atoms with Crippen molar-refractivity contribution in [1.29, 1.82) is 0 Å². The van der Waals surface area contributed by atoms with Crippen molar-refractivity contribution in [3.05, 3.63) is 35.9 Å². The van der Waals surface area contributed by atoms with Gasteiger partial charge in [-0.15, -0.1) is 0 Å². The molecule has 0 saturated heterocycles. The van der Waals surface area contributed by atoms with E-state index >= 15 is 0 Å². The summed E-state index contributed by atoms with van der Waals surface area (Å²) < 4.78 is 0. The Morgan fingerprint density at radius 1 is 1.16 bits per heavy atom. The van der Waals surface area contributed by atoms with Crippen LogP contribution in [0.15, 0.2) is 30.3 Å². The van der Waals surface area contributed by atoms with Gasteiger partial charge in [0.2, 0.25) is 0 Å². The van der Waals surface area contributed by atoms with Gasteiger partial charge in [0, 0.05) is 12.5 Å². The first-order valence-corrected chi connectivity index (χ1v) is 7.71. The van der Waals surface area contributed by atoms with Crippen LogP contribution in [0, 0.1) is 17.8 Å². The van der Waals surface area contributed by atoms with E-state index in [1.54, 1.807) is 0 Å². The second kappa shape index (κ2) is 5.64. The standard InChI is InChI=1S/C17H25NO/c18-11-16(13-4-2-1-3-5-13)17(19)10-15-9-12-6-7-14(15)8-12/h1-5,12,14-17,19H,6-11,18H2. The van der Waals surface area contributed by atoms with Crippen LogP contribution in [0.3, 0.4) is 0 Å². The Morgan fingerprint density at radius 2 is 1.95 bits per heavy atom. The summed E-state index contributed by atoms with van der Waals surface area (Å²) in [5.74, 6) is 2.68. The quantitative estimate of drug-likeness (QED) is 0.854. The van der Waals surface area contributed by atoms with Gasteiger partial charge in [0.15, 0.2) is 0 Å². The maximum absolute atomic E-state index is 10.6. The molecule has 2 nitrogen and oxygen atoms in total. The van der Waals surface area contributed by atoms with Gasteiger partial charge in [0.25, 0.3) is 0 Å². The van der Waals surface area contributed by atoms with E-state index < -0.39 is 0 Å². The molecular weight excluding hydrogens is 234 g/mol. The molecule has 5 atom stereocenters. The van der Waals surface area contributed by atoms with Gasteiger partial charge in [-0.2, -0.15) is 0 Å². The summed E-state index contributed by atoms with van der Waals surface area (Å²) in [4.78, 5) is 0. The van der Waals surface area contributed by atoms with E-state index in [9.17, 15) is 5.11 Å². The van der Waals surface area contributed by atoms with Crippen LogP contribution >= 0.6 is 0 Å². The maximum Gasteiger partial charge on any atom is 0.0623 e. The van der Waals surface area contributed by atoms with Crippen molar-refractivity contribution in [2.45, 2.75) is 44.1 Å². The average molecular weight is 259 g/mol. The van der Waals surface area contributed by atoms with Crippen LogP contribution in [-0.2, 0) is 0 Å². The van der Waals surface area contributed by atoms with Gasteiger partial charge >= 0.3 is 0 Å². The molecule has 3 rings (SSSR count). The number of aliphatic hydroxyl groups is 1. The van der Waals surface area contributed by atoms with E-state index in [0.717, 1.165) is 24.2 Å². The molecule has 2 aliphatic rings. The van der Waals surface area contributed by atoms with Crippen molar-refractivity contribution in [2.24, 2.45) is 23.5 Å². The Kier molecular flexibility index (Phi) is 3.90. The molecule has 3 N–H and O–H groups in total. The molecule has 2 fully saturated rings. The molecule has 5 unspecified atom stereocenters. The van der Waals surface area contributed by atoms with E-state index in [2.05, 4.69) is 12.1 Å². The van der Waals surface area contributed by atoms with Crippen molar-refractivity contribution >= 4 is 0 Å². The van der Waals surface area contributed by atoms with Gasteiger partial charge < -0.3 is 10.8 Å². The summed E-state index contributed by atoms with van der Waals surface area (Å²) in [7, 11) is 0. The van der Waals surface area contributed by atoms with Gasteiger partial charge in [-0.05, 0) is 49.0 Å². The Balaban J connectivity index is 1.64. The van der Waals surface area contributed by atoms with E-state index in [4.69, 9.17) is 5.73 Å². The van der Waals surface area contributed by atoms with Crippen LogP contribution in [-0.4, -0.2) is 17.8 Å². The van der Waals surface area contributed by atoms with Gasteiger partial charge in [0.1, 0.15) is 0 Å². The molecule has 2 aliphatic carbocycles. The Labute approximate surface area is 116 Å². The van der Waals surface area contributed by atoms with Gasteiger partial charge in [-0.3, -0.25) is 0 Å². The number of aliphatic hydroxyl groups excluding tert-OH is 1. The second-order valence-electron chi connectivity index (χ2n) is 6.49. The lowest BCUT2D eigenvalue weighted by Gasteiger charge is -2.28. The fraction of sp³-hybridized carbons (Fsp3) is 0.647. The summed E-state index contributed by atoms with van der Waals surface area (Å²) >= 11 is 0.